The smallest absolute Gasteiger partial charge is 0.323 e. The van der Waals surface area contributed by atoms with Crippen molar-refractivity contribution in [3.8, 4) is 27.6 Å². The zero-order valence-corrected chi connectivity index (χ0v) is 24.5. The van der Waals surface area contributed by atoms with E-state index in [2.05, 4.69) is 49.0 Å². The summed E-state index contributed by atoms with van der Waals surface area (Å²) in [6, 6.07) is 21.4. The summed E-state index contributed by atoms with van der Waals surface area (Å²) < 4.78 is 6.81. The number of amides is 2. The topological polar surface area (TPSA) is 66.5 Å². The van der Waals surface area contributed by atoms with Gasteiger partial charge in [0, 0.05) is 33.2 Å². The SMILES string of the molecule is Cc1ccc(NC(=O)Nc2ccc(-c3csc(-c4ccc(OCCCN5CCCCC5)cc4)n3)cc2)c(Br)c1. The van der Waals surface area contributed by atoms with E-state index < -0.39 is 0 Å². The van der Waals surface area contributed by atoms with E-state index in [0.717, 1.165) is 62.9 Å². The number of urea groups is 1. The first-order valence-corrected chi connectivity index (χ1v) is 15.1. The number of halogens is 1. The fourth-order valence-electron chi connectivity index (χ4n) is 4.62. The lowest BCUT2D eigenvalue weighted by Crippen LogP contribution is -2.31. The Bertz CT molecular complexity index is 1380. The van der Waals surface area contributed by atoms with Crippen molar-refractivity contribution < 1.29 is 9.53 Å². The fraction of sp³-hybridized carbons (Fsp3) is 0.290. The van der Waals surface area contributed by atoms with Crippen molar-refractivity contribution in [1.29, 1.82) is 0 Å². The van der Waals surface area contributed by atoms with Crippen LogP contribution in [0.15, 0.2) is 76.6 Å². The summed E-state index contributed by atoms with van der Waals surface area (Å²) in [7, 11) is 0. The number of hydrogen-bond donors (Lipinski definition) is 2. The third-order valence-corrected chi connectivity index (χ3v) is 8.30. The van der Waals surface area contributed by atoms with E-state index in [9.17, 15) is 4.79 Å². The molecule has 0 radical (unpaired) electrons. The minimum Gasteiger partial charge on any atom is -0.494 e. The molecule has 5 rings (SSSR count). The van der Waals surface area contributed by atoms with Gasteiger partial charge in [0.05, 0.1) is 18.0 Å². The lowest BCUT2D eigenvalue weighted by Gasteiger charge is -2.26. The number of likely N-dealkylation sites (tertiary alicyclic amines) is 1. The molecule has 3 aromatic carbocycles. The molecule has 1 aliphatic heterocycles. The van der Waals surface area contributed by atoms with Crippen molar-refractivity contribution in [2.75, 3.05) is 36.9 Å². The van der Waals surface area contributed by atoms with Gasteiger partial charge in [0.15, 0.2) is 0 Å². The van der Waals surface area contributed by atoms with Crippen LogP contribution in [0.3, 0.4) is 0 Å². The van der Waals surface area contributed by atoms with Gasteiger partial charge in [0.25, 0.3) is 0 Å². The number of anilines is 2. The Morgan fingerprint density at radius 1 is 0.974 bits per heavy atom. The Kier molecular flexibility index (Phi) is 9.29. The van der Waals surface area contributed by atoms with Gasteiger partial charge in [-0.05, 0) is 109 Å². The van der Waals surface area contributed by atoms with Crippen molar-refractivity contribution in [2.24, 2.45) is 0 Å². The molecule has 2 N–H and O–H groups in total. The molecule has 1 aliphatic rings. The van der Waals surface area contributed by atoms with Crippen LogP contribution in [-0.4, -0.2) is 42.2 Å². The lowest BCUT2D eigenvalue weighted by atomic mass is 10.1. The molecule has 39 heavy (non-hydrogen) atoms. The first-order chi connectivity index (χ1) is 19.0. The predicted molar refractivity (Wildman–Crippen MR) is 165 cm³/mol. The second-order valence-corrected chi connectivity index (χ2v) is 11.5. The average Bonchev–Trinajstić information content (AvgIpc) is 3.44. The molecule has 0 saturated carbocycles. The monoisotopic (exact) mass is 604 g/mol. The number of piperidine rings is 1. The third-order valence-electron chi connectivity index (χ3n) is 6.75. The van der Waals surface area contributed by atoms with E-state index in [4.69, 9.17) is 9.72 Å². The molecule has 0 atom stereocenters. The number of nitrogens with one attached hydrogen (secondary N) is 2. The van der Waals surface area contributed by atoms with Crippen LogP contribution in [0.2, 0.25) is 0 Å². The number of nitrogens with zero attached hydrogens (tertiary/aromatic N) is 2. The molecule has 0 spiro atoms. The number of ether oxygens (including phenoxy) is 1. The second-order valence-electron chi connectivity index (χ2n) is 9.81. The quantitative estimate of drug-likeness (QED) is 0.188. The summed E-state index contributed by atoms with van der Waals surface area (Å²) in [5.74, 6) is 0.899. The van der Waals surface area contributed by atoms with E-state index >= 15 is 0 Å². The second kappa shape index (κ2) is 13.2. The number of aryl methyl sites for hydroxylation is 1. The van der Waals surface area contributed by atoms with Crippen LogP contribution in [0.4, 0.5) is 16.2 Å². The Hall–Kier alpha value is -3.20. The van der Waals surface area contributed by atoms with Crippen LogP contribution < -0.4 is 15.4 Å². The maximum absolute atomic E-state index is 12.4. The van der Waals surface area contributed by atoms with Crippen LogP contribution in [0, 0.1) is 6.92 Å². The summed E-state index contributed by atoms with van der Waals surface area (Å²) in [5.41, 5.74) is 5.53. The first kappa shape index (κ1) is 27.4. The molecule has 1 aromatic heterocycles. The molecular formula is C31H33BrN4O2S. The van der Waals surface area contributed by atoms with Gasteiger partial charge >= 0.3 is 6.03 Å². The first-order valence-electron chi connectivity index (χ1n) is 13.4. The highest BCUT2D eigenvalue weighted by atomic mass is 79.9. The number of benzene rings is 3. The van der Waals surface area contributed by atoms with E-state index in [0.29, 0.717) is 5.69 Å². The van der Waals surface area contributed by atoms with Crippen LogP contribution in [0.1, 0.15) is 31.2 Å². The standard InChI is InChI=1S/C31H33BrN4O2S/c1-22-6-15-28(27(32)20-22)35-31(37)33-25-11-7-23(8-12-25)29-21-39-30(34-29)24-9-13-26(14-10-24)38-19-5-18-36-16-3-2-4-17-36/h6-15,20-21H,2-5,16-19H2,1H3,(H2,33,35,37). The number of thiazole rings is 1. The Morgan fingerprint density at radius 3 is 2.46 bits per heavy atom. The Morgan fingerprint density at radius 2 is 1.72 bits per heavy atom. The summed E-state index contributed by atoms with van der Waals surface area (Å²) in [6.07, 6.45) is 5.09. The third kappa shape index (κ3) is 7.68. The fourth-order valence-corrected chi connectivity index (χ4v) is 6.05. The molecule has 8 heteroatoms. The maximum atomic E-state index is 12.4. The molecule has 4 aromatic rings. The summed E-state index contributed by atoms with van der Waals surface area (Å²) >= 11 is 5.11. The highest BCUT2D eigenvalue weighted by Gasteiger charge is 2.11. The lowest BCUT2D eigenvalue weighted by molar-refractivity contribution is 0.205. The van der Waals surface area contributed by atoms with Gasteiger partial charge < -0.3 is 20.3 Å². The van der Waals surface area contributed by atoms with Crippen LogP contribution in [-0.2, 0) is 0 Å². The van der Waals surface area contributed by atoms with Gasteiger partial charge in [-0.2, -0.15) is 0 Å². The molecule has 2 heterocycles. The molecule has 0 unspecified atom stereocenters. The van der Waals surface area contributed by atoms with E-state index in [1.54, 1.807) is 11.3 Å². The number of hydrogen-bond acceptors (Lipinski definition) is 5. The largest absolute Gasteiger partial charge is 0.494 e. The molecule has 202 valence electrons. The molecule has 1 fully saturated rings. The number of aromatic nitrogens is 1. The van der Waals surface area contributed by atoms with E-state index in [1.165, 1.54) is 32.4 Å². The van der Waals surface area contributed by atoms with Gasteiger partial charge in [0.2, 0.25) is 0 Å². The Labute approximate surface area is 242 Å². The number of rotatable bonds is 9. The van der Waals surface area contributed by atoms with Crippen LogP contribution in [0.5, 0.6) is 5.75 Å². The molecular weight excluding hydrogens is 572 g/mol. The minimum absolute atomic E-state index is 0.294. The molecule has 0 aliphatic carbocycles. The maximum Gasteiger partial charge on any atom is 0.323 e. The zero-order valence-electron chi connectivity index (χ0n) is 22.1. The highest BCUT2D eigenvalue weighted by Crippen LogP contribution is 2.31. The zero-order chi connectivity index (χ0) is 27.0. The molecule has 6 nitrogen and oxygen atoms in total. The summed E-state index contributed by atoms with van der Waals surface area (Å²) in [6.45, 7) is 6.33. The van der Waals surface area contributed by atoms with Gasteiger partial charge in [0.1, 0.15) is 10.8 Å². The van der Waals surface area contributed by atoms with Gasteiger partial charge in [-0.15, -0.1) is 11.3 Å². The normalized spacial score (nSPS) is 13.7. The molecule has 0 bridgehead atoms. The van der Waals surface area contributed by atoms with Crippen LogP contribution >= 0.6 is 27.3 Å². The van der Waals surface area contributed by atoms with Crippen LogP contribution in [0.25, 0.3) is 21.8 Å². The minimum atomic E-state index is -0.294. The van der Waals surface area contributed by atoms with Gasteiger partial charge in [-0.1, -0.05) is 24.6 Å². The van der Waals surface area contributed by atoms with E-state index in [-0.39, 0.29) is 6.03 Å². The van der Waals surface area contributed by atoms with Crippen molar-refractivity contribution in [2.45, 2.75) is 32.6 Å². The van der Waals surface area contributed by atoms with E-state index in [1.807, 2.05) is 61.5 Å². The van der Waals surface area contributed by atoms with Crippen molar-refractivity contribution in [3.63, 3.8) is 0 Å². The molecule has 2 amide bonds. The van der Waals surface area contributed by atoms with Crippen molar-refractivity contribution in [1.82, 2.24) is 9.88 Å². The molecule has 1 saturated heterocycles. The average molecular weight is 606 g/mol. The summed E-state index contributed by atoms with van der Waals surface area (Å²) in [5, 5.41) is 8.77. The number of carbonyl (C=O) groups excluding carboxylic acids is 1. The summed E-state index contributed by atoms with van der Waals surface area (Å²) in [4.78, 5) is 19.8. The Balaban J connectivity index is 1.12. The van der Waals surface area contributed by atoms with Crippen molar-refractivity contribution in [3.05, 3.63) is 82.1 Å². The predicted octanol–water partition coefficient (Wildman–Crippen LogP) is 8.45. The van der Waals surface area contributed by atoms with Gasteiger partial charge in [-0.25, -0.2) is 9.78 Å². The highest BCUT2D eigenvalue weighted by molar-refractivity contribution is 9.10. The van der Waals surface area contributed by atoms with Crippen molar-refractivity contribution >= 4 is 44.7 Å². The van der Waals surface area contributed by atoms with Gasteiger partial charge in [-0.3, -0.25) is 0 Å². The number of carbonyl (C=O) groups is 1.